The molecule has 0 fully saturated rings. The first-order valence-corrected chi connectivity index (χ1v) is 12.8. The summed E-state index contributed by atoms with van der Waals surface area (Å²) in [6, 6.07) is 10.3. The first-order valence-electron chi connectivity index (χ1n) is 10.9. The highest BCUT2D eigenvalue weighted by molar-refractivity contribution is 8.45. The smallest absolute Gasteiger partial charge is 0.310 e. The molecule has 0 aliphatic heterocycles. The third-order valence-corrected chi connectivity index (χ3v) is 6.29. The number of halogens is 5. The summed E-state index contributed by atoms with van der Waals surface area (Å²) >= 11 is 0. The predicted octanol–water partition coefficient (Wildman–Crippen LogP) is 7.16. The minimum absolute atomic E-state index is 0.153. The highest BCUT2D eigenvalue weighted by Gasteiger charge is 2.65. The van der Waals surface area contributed by atoms with Gasteiger partial charge in [0.25, 0.3) is 0 Å². The number of hydrogen-bond donors (Lipinski definition) is 1. The average molecular weight is 528 g/mol. The van der Waals surface area contributed by atoms with E-state index < -0.39 is 15.1 Å². The fraction of sp³-hybridized carbons (Fsp3) is 0.217. The number of nitrogens with one attached hydrogen (secondary N) is 1. The monoisotopic (exact) mass is 527 g/mol. The number of aryl methyl sites for hydroxylation is 2. The van der Waals surface area contributed by atoms with Crippen molar-refractivity contribution in [2.24, 2.45) is 0 Å². The van der Waals surface area contributed by atoms with Crippen molar-refractivity contribution < 1.29 is 28.6 Å². The number of aromatic nitrogens is 5. The average Bonchev–Trinajstić information content (AvgIpc) is 3.51. The van der Waals surface area contributed by atoms with Crippen molar-refractivity contribution in [2.45, 2.75) is 37.2 Å². The summed E-state index contributed by atoms with van der Waals surface area (Å²) in [5, 5.41) is 13.8. The van der Waals surface area contributed by atoms with E-state index in [0.29, 0.717) is 29.4 Å². The van der Waals surface area contributed by atoms with E-state index in [0.717, 1.165) is 37.8 Å². The van der Waals surface area contributed by atoms with Crippen LogP contribution in [0.5, 0.6) is 5.75 Å². The summed E-state index contributed by atoms with van der Waals surface area (Å²) in [7, 11) is -9.68. The van der Waals surface area contributed by atoms with Gasteiger partial charge in [0.2, 0.25) is 5.89 Å². The minimum Gasteiger partial charge on any atom is -0.487 e. The van der Waals surface area contributed by atoms with Crippen LogP contribution in [0, 0.1) is 0 Å². The summed E-state index contributed by atoms with van der Waals surface area (Å²) < 4.78 is 75.0. The number of hydrogen-bond acceptors (Lipinski definition) is 6. The SMILES string of the molecule is FS(F)(F)(F)(F)c1ccc(C=Cc2nc(COc3ccc(CCCCc4nn[nH]n4)cc3)co2)cc1. The molecule has 0 aliphatic rings. The molecule has 2 aromatic carbocycles. The van der Waals surface area contributed by atoms with Crippen molar-refractivity contribution >= 4 is 22.4 Å². The fourth-order valence-corrected chi connectivity index (χ4v) is 3.93. The van der Waals surface area contributed by atoms with Gasteiger partial charge in [0.05, 0.1) is 0 Å². The molecule has 4 rings (SSSR count). The van der Waals surface area contributed by atoms with Crippen molar-refractivity contribution in [2.75, 3.05) is 0 Å². The van der Waals surface area contributed by atoms with Crippen LogP contribution in [0.1, 0.15) is 41.4 Å². The molecule has 2 aromatic heterocycles. The number of H-pyrrole nitrogens is 1. The van der Waals surface area contributed by atoms with Gasteiger partial charge in [-0.15, -0.1) is 10.2 Å². The van der Waals surface area contributed by atoms with Gasteiger partial charge in [-0.2, -0.15) is 5.21 Å². The second-order valence-electron chi connectivity index (χ2n) is 8.02. The lowest BCUT2D eigenvalue weighted by molar-refractivity contribution is 0.301. The van der Waals surface area contributed by atoms with E-state index >= 15 is 0 Å². The van der Waals surface area contributed by atoms with Crippen molar-refractivity contribution in [1.29, 1.82) is 0 Å². The van der Waals surface area contributed by atoms with Gasteiger partial charge in [0.15, 0.2) is 5.82 Å². The zero-order valence-corrected chi connectivity index (χ0v) is 19.6. The molecule has 7 nitrogen and oxygen atoms in total. The molecule has 0 unspecified atom stereocenters. The number of oxazole rings is 1. The molecule has 0 bridgehead atoms. The van der Waals surface area contributed by atoms with Crippen LogP contribution in [0.4, 0.5) is 19.4 Å². The molecular weight excluding hydrogens is 505 g/mol. The highest BCUT2D eigenvalue weighted by atomic mass is 32.5. The first kappa shape index (κ1) is 25.4. The lowest BCUT2D eigenvalue weighted by Crippen LogP contribution is -2.05. The molecule has 0 spiro atoms. The Balaban J connectivity index is 1.23. The van der Waals surface area contributed by atoms with Gasteiger partial charge >= 0.3 is 10.2 Å². The highest BCUT2D eigenvalue weighted by Crippen LogP contribution is 3.02. The molecule has 0 saturated carbocycles. The molecule has 0 aliphatic carbocycles. The quantitative estimate of drug-likeness (QED) is 0.164. The standard InChI is InChI=1S/C23H22F5N5O2S/c24-36(25,26,27,28)21-12-7-18(8-13-21)9-14-23-29-19(16-35-23)15-34-20-10-5-17(6-11-20)3-1-2-4-22-30-32-33-31-22/h5-14,16H,1-4,15H2,(H,30,31,32,33). The van der Waals surface area contributed by atoms with Gasteiger partial charge in [-0.3, -0.25) is 0 Å². The number of unbranched alkanes of at least 4 members (excludes halogenated alkanes) is 1. The molecule has 0 radical (unpaired) electrons. The predicted molar refractivity (Wildman–Crippen MR) is 125 cm³/mol. The van der Waals surface area contributed by atoms with Gasteiger partial charge in [-0.25, -0.2) is 4.98 Å². The third kappa shape index (κ3) is 7.38. The number of benzene rings is 2. The second-order valence-corrected chi connectivity index (χ2v) is 10.4. The Labute approximate surface area is 203 Å². The maximum absolute atomic E-state index is 12.8. The molecular formula is C23H22F5N5O2S. The Morgan fingerprint density at radius 2 is 1.61 bits per heavy atom. The van der Waals surface area contributed by atoms with E-state index in [1.165, 1.54) is 24.0 Å². The van der Waals surface area contributed by atoms with Crippen LogP contribution < -0.4 is 4.74 Å². The molecule has 192 valence electrons. The number of nitrogens with zero attached hydrogens (tertiary/aromatic N) is 4. The van der Waals surface area contributed by atoms with Gasteiger partial charge in [-0.1, -0.05) is 48.9 Å². The lowest BCUT2D eigenvalue weighted by atomic mass is 10.1. The second kappa shape index (κ2) is 9.37. The van der Waals surface area contributed by atoms with E-state index in [4.69, 9.17) is 9.15 Å². The molecule has 4 aromatic rings. The topological polar surface area (TPSA) is 89.7 Å². The lowest BCUT2D eigenvalue weighted by Gasteiger charge is -2.40. The molecule has 0 saturated heterocycles. The van der Waals surface area contributed by atoms with E-state index in [2.05, 4.69) is 25.6 Å². The third-order valence-electron chi connectivity index (χ3n) is 5.13. The van der Waals surface area contributed by atoms with Crippen LogP contribution in [0.15, 0.2) is 64.1 Å². The number of aromatic amines is 1. The maximum Gasteiger partial charge on any atom is 0.310 e. The number of tetrazole rings is 1. The minimum atomic E-state index is -9.68. The molecule has 1 N–H and O–H groups in total. The Hall–Kier alpha value is -3.74. The van der Waals surface area contributed by atoms with Gasteiger partial charge in [-0.05, 0) is 60.7 Å². The summed E-state index contributed by atoms with van der Waals surface area (Å²) in [4.78, 5) is 2.28. The molecule has 36 heavy (non-hydrogen) atoms. The zero-order chi connectivity index (χ0) is 25.7. The van der Waals surface area contributed by atoms with Crippen molar-refractivity contribution in [3.8, 4) is 5.75 Å². The van der Waals surface area contributed by atoms with E-state index in [9.17, 15) is 19.4 Å². The number of ether oxygens (including phenoxy) is 1. The molecule has 0 atom stereocenters. The van der Waals surface area contributed by atoms with Crippen LogP contribution in [0.25, 0.3) is 12.2 Å². The summed E-state index contributed by atoms with van der Waals surface area (Å²) in [6.45, 7) is 0.153. The van der Waals surface area contributed by atoms with E-state index in [1.807, 2.05) is 24.3 Å². The zero-order valence-electron chi connectivity index (χ0n) is 18.8. The van der Waals surface area contributed by atoms with Gasteiger partial charge in [0, 0.05) is 12.5 Å². The van der Waals surface area contributed by atoms with E-state index in [1.54, 1.807) is 0 Å². The Morgan fingerprint density at radius 1 is 0.889 bits per heavy atom. The first-order chi connectivity index (χ1) is 16.9. The fourth-order valence-electron chi connectivity index (χ4n) is 3.28. The van der Waals surface area contributed by atoms with Gasteiger partial charge < -0.3 is 9.15 Å². The largest absolute Gasteiger partial charge is 0.487 e. The Bertz CT molecular complexity index is 1310. The van der Waals surface area contributed by atoms with Crippen LogP contribution in [-0.4, -0.2) is 25.6 Å². The van der Waals surface area contributed by atoms with Gasteiger partial charge in [0.1, 0.15) is 29.2 Å². The van der Waals surface area contributed by atoms with Crippen molar-refractivity contribution in [3.63, 3.8) is 0 Å². The van der Waals surface area contributed by atoms with Crippen LogP contribution in [0.3, 0.4) is 0 Å². The Kier molecular flexibility index (Phi) is 6.60. The van der Waals surface area contributed by atoms with E-state index in [-0.39, 0.29) is 18.1 Å². The summed E-state index contributed by atoms with van der Waals surface area (Å²) in [5.74, 6) is 1.56. The van der Waals surface area contributed by atoms with Crippen LogP contribution in [0.2, 0.25) is 0 Å². The normalized spacial score (nSPS) is 14.0. The summed E-state index contributed by atoms with van der Waals surface area (Å²) in [6.07, 6.45) is 7.87. The molecule has 0 amide bonds. The van der Waals surface area contributed by atoms with Crippen molar-refractivity contribution in [1.82, 2.24) is 25.6 Å². The maximum atomic E-state index is 12.8. The molecule has 2 heterocycles. The number of rotatable bonds is 11. The van der Waals surface area contributed by atoms with Crippen LogP contribution >= 0.6 is 10.2 Å². The van der Waals surface area contributed by atoms with Crippen molar-refractivity contribution in [3.05, 3.63) is 83.3 Å². The Morgan fingerprint density at radius 3 is 2.28 bits per heavy atom. The molecule has 13 heteroatoms. The summed E-state index contributed by atoms with van der Waals surface area (Å²) in [5.41, 5.74) is 1.97. The van der Waals surface area contributed by atoms with Crippen LogP contribution in [-0.2, 0) is 19.4 Å².